The average molecular weight is 502 g/mol. The SMILES string of the molecule is CCOC(=O)C1=C(C)N=c2s/c(=C/c3cc4ccccc4[nH]3)c(=O)n2C1c1ccc(OC(C)C)cc1. The molecule has 8 heteroatoms. The van der Waals surface area contributed by atoms with Crippen molar-refractivity contribution in [2.75, 3.05) is 6.61 Å². The summed E-state index contributed by atoms with van der Waals surface area (Å²) in [5, 5.41) is 1.07. The molecule has 2 aromatic carbocycles. The van der Waals surface area contributed by atoms with Crippen molar-refractivity contribution >= 4 is 34.3 Å². The standard InChI is InChI=1S/C28H27N3O4S/c1-5-34-27(33)24-17(4)29-28-31(25(24)18-10-12-21(13-11-18)35-16(2)3)26(32)23(36-28)15-20-14-19-8-6-7-9-22(19)30-20/h6-16,25,30H,5H2,1-4H3/b23-15+. The second kappa shape index (κ2) is 9.62. The maximum atomic E-state index is 13.7. The number of allylic oxidation sites excluding steroid dienone is 1. The summed E-state index contributed by atoms with van der Waals surface area (Å²) in [6.07, 6.45) is 1.87. The number of aromatic amines is 1. The van der Waals surface area contributed by atoms with E-state index in [0.29, 0.717) is 20.6 Å². The van der Waals surface area contributed by atoms with Gasteiger partial charge in [-0.3, -0.25) is 9.36 Å². The summed E-state index contributed by atoms with van der Waals surface area (Å²) in [5.74, 6) is 0.245. The van der Waals surface area contributed by atoms with E-state index in [4.69, 9.17) is 9.47 Å². The Labute approximate surface area is 212 Å². The molecule has 36 heavy (non-hydrogen) atoms. The molecule has 0 amide bonds. The fraction of sp³-hybridized carbons (Fsp3) is 0.250. The van der Waals surface area contributed by atoms with Crippen molar-refractivity contribution in [2.24, 2.45) is 4.99 Å². The van der Waals surface area contributed by atoms with Gasteiger partial charge < -0.3 is 14.5 Å². The average Bonchev–Trinajstić information content (AvgIpc) is 3.38. The molecule has 184 valence electrons. The number of hydrogen-bond acceptors (Lipinski definition) is 6. The van der Waals surface area contributed by atoms with E-state index in [1.165, 1.54) is 11.3 Å². The lowest BCUT2D eigenvalue weighted by Crippen LogP contribution is -2.39. The molecule has 7 nitrogen and oxygen atoms in total. The molecule has 0 aliphatic carbocycles. The first-order valence-electron chi connectivity index (χ1n) is 11.9. The van der Waals surface area contributed by atoms with Gasteiger partial charge >= 0.3 is 5.97 Å². The lowest BCUT2D eigenvalue weighted by molar-refractivity contribution is -0.139. The smallest absolute Gasteiger partial charge is 0.338 e. The first-order chi connectivity index (χ1) is 17.4. The van der Waals surface area contributed by atoms with Crippen LogP contribution in [0.4, 0.5) is 0 Å². The third-order valence-corrected chi connectivity index (χ3v) is 6.90. The molecule has 1 unspecified atom stereocenters. The topological polar surface area (TPSA) is 85.7 Å². The van der Waals surface area contributed by atoms with E-state index >= 15 is 0 Å². The largest absolute Gasteiger partial charge is 0.491 e. The van der Waals surface area contributed by atoms with Gasteiger partial charge in [0.15, 0.2) is 4.80 Å². The van der Waals surface area contributed by atoms with E-state index in [2.05, 4.69) is 9.98 Å². The van der Waals surface area contributed by atoms with Crippen LogP contribution in [0.25, 0.3) is 17.0 Å². The van der Waals surface area contributed by atoms with Gasteiger partial charge in [0.1, 0.15) is 5.75 Å². The van der Waals surface area contributed by atoms with E-state index < -0.39 is 12.0 Å². The molecule has 0 bridgehead atoms. The summed E-state index contributed by atoms with van der Waals surface area (Å²) >= 11 is 1.30. The summed E-state index contributed by atoms with van der Waals surface area (Å²) in [6, 6.07) is 16.8. The molecular weight excluding hydrogens is 474 g/mol. The number of thiazole rings is 1. The molecular formula is C28H27N3O4S. The van der Waals surface area contributed by atoms with Gasteiger partial charge in [-0.25, -0.2) is 9.79 Å². The fourth-order valence-electron chi connectivity index (χ4n) is 4.42. The molecule has 4 aromatic rings. The second-order valence-electron chi connectivity index (χ2n) is 8.85. The van der Waals surface area contributed by atoms with Crippen LogP contribution < -0.4 is 19.6 Å². The molecule has 0 radical (unpaired) electrons. The van der Waals surface area contributed by atoms with Gasteiger partial charge in [0, 0.05) is 11.2 Å². The Morgan fingerprint density at radius 3 is 2.64 bits per heavy atom. The number of carbonyl (C=O) groups is 1. The summed E-state index contributed by atoms with van der Waals surface area (Å²) in [6.45, 7) is 7.70. The van der Waals surface area contributed by atoms with E-state index in [1.54, 1.807) is 18.4 Å². The Bertz CT molecular complexity index is 1620. The van der Waals surface area contributed by atoms with Crippen LogP contribution in [0.1, 0.15) is 45.0 Å². The highest BCUT2D eigenvalue weighted by molar-refractivity contribution is 7.07. The molecule has 1 aliphatic heterocycles. The molecule has 0 fully saturated rings. The van der Waals surface area contributed by atoms with Crippen molar-refractivity contribution < 1.29 is 14.3 Å². The number of H-pyrrole nitrogens is 1. The van der Waals surface area contributed by atoms with Crippen LogP contribution in [-0.4, -0.2) is 28.2 Å². The zero-order valence-corrected chi connectivity index (χ0v) is 21.4. The van der Waals surface area contributed by atoms with Crippen molar-refractivity contribution in [2.45, 2.75) is 39.8 Å². The van der Waals surface area contributed by atoms with Gasteiger partial charge in [-0.05, 0) is 69.0 Å². The molecule has 0 saturated heterocycles. The van der Waals surface area contributed by atoms with Crippen LogP contribution in [-0.2, 0) is 9.53 Å². The zero-order valence-electron chi connectivity index (χ0n) is 20.6. The third kappa shape index (κ3) is 4.40. The van der Waals surface area contributed by atoms with E-state index in [0.717, 1.165) is 27.9 Å². The fourth-order valence-corrected chi connectivity index (χ4v) is 5.46. The lowest BCUT2D eigenvalue weighted by Gasteiger charge is -2.25. The third-order valence-electron chi connectivity index (χ3n) is 5.92. The van der Waals surface area contributed by atoms with Crippen LogP contribution in [0.2, 0.25) is 0 Å². The maximum absolute atomic E-state index is 13.7. The molecule has 2 aromatic heterocycles. The number of rotatable bonds is 6. The van der Waals surface area contributed by atoms with Crippen molar-refractivity contribution in [1.82, 2.24) is 9.55 Å². The molecule has 1 aliphatic rings. The van der Waals surface area contributed by atoms with Crippen molar-refractivity contribution in [3.63, 3.8) is 0 Å². The van der Waals surface area contributed by atoms with Gasteiger partial charge in [-0.2, -0.15) is 0 Å². The monoisotopic (exact) mass is 501 g/mol. The molecule has 0 saturated carbocycles. The molecule has 0 spiro atoms. The highest BCUT2D eigenvalue weighted by Gasteiger charge is 2.33. The Morgan fingerprint density at radius 1 is 1.19 bits per heavy atom. The number of nitrogens with zero attached hydrogens (tertiary/aromatic N) is 2. The number of ether oxygens (including phenoxy) is 2. The van der Waals surface area contributed by atoms with Crippen LogP contribution in [0, 0.1) is 0 Å². The number of esters is 1. The molecule has 1 N–H and O–H groups in total. The van der Waals surface area contributed by atoms with E-state index in [9.17, 15) is 9.59 Å². The number of aromatic nitrogens is 2. The minimum absolute atomic E-state index is 0.0374. The van der Waals surface area contributed by atoms with Crippen molar-refractivity contribution in [3.8, 4) is 5.75 Å². The molecule has 3 heterocycles. The number of nitrogens with one attached hydrogen (secondary N) is 1. The number of benzene rings is 2. The number of fused-ring (bicyclic) bond motifs is 2. The highest BCUT2D eigenvalue weighted by Crippen LogP contribution is 2.31. The first kappa shape index (κ1) is 23.8. The number of hydrogen-bond donors (Lipinski definition) is 1. The van der Waals surface area contributed by atoms with Crippen LogP contribution in [0.5, 0.6) is 5.75 Å². The lowest BCUT2D eigenvalue weighted by atomic mass is 9.96. The van der Waals surface area contributed by atoms with Gasteiger partial charge in [0.05, 0.1) is 34.6 Å². The zero-order chi connectivity index (χ0) is 25.4. The summed E-state index contributed by atoms with van der Waals surface area (Å²) in [4.78, 5) is 35.3. The van der Waals surface area contributed by atoms with E-state index in [1.807, 2.05) is 74.5 Å². The van der Waals surface area contributed by atoms with Gasteiger partial charge in [-0.1, -0.05) is 41.7 Å². The predicted molar refractivity (Wildman–Crippen MR) is 141 cm³/mol. The summed E-state index contributed by atoms with van der Waals surface area (Å²) in [5.41, 5.74) is 3.30. The Morgan fingerprint density at radius 2 is 1.94 bits per heavy atom. The van der Waals surface area contributed by atoms with Gasteiger partial charge in [0.2, 0.25) is 0 Å². The van der Waals surface area contributed by atoms with Crippen LogP contribution >= 0.6 is 11.3 Å². The quantitative estimate of drug-likeness (QED) is 0.404. The second-order valence-corrected chi connectivity index (χ2v) is 9.86. The molecule has 5 rings (SSSR count). The minimum Gasteiger partial charge on any atom is -0.491 e. The Hall–Kier alpha value is -3.91. The van der Waals surface area contributed by atoms with Crippen molar-refractivity contribution in [1.29, 1.82) is 0 Å². The first-order valence-corrected chi connectivity index (χ1v) is 12.7. The highest BCUT2D eigenvalue weighted by atomic mass is 32.1. The number of para-hydroxylation sites is 1. The minimum atomic E-state index is -0.654. The van der Waals surface area contributed by atoms with Crippen LogP contribution in [0.3, 0.4) is 0 Å². The Kier molecular flexibility index (Phi) is 6.36. The van der Waals surface area contributed by atoms with E-state index in [-0.39, 0.29) is 18.3 Å². The summed E-state index contributed by atoms with van der Waals surface area (Å²) in [7, 11) is 0. The maximum Gasteiger partial charge on any atom is 0.338 e. The van der Waals surface area contributed by atoms with Crippen molar-refractivity contribution in [3.05, 3.63) is 96.8 Å². The van der Waals surface area contributed by atoms with Gasteiger partial charge in [0.25, 0.3) is 5.56 Å². The summed E-state index contributed by atoms with van der Waals surface area (Å²) < 4.78 is 13.3. The normalized spacial score (nSPS) is 15.8. The van der Waals surface area contributed by atoms with Crippen LogP contribution in [0.15, 0.2) is 75.7 Å². The Balaban J connectivity index is 1.66. The van der Waals surface area contributed by atoms with Gasteiger partial charge in [-0.15, -0.1) is 0 Å². The number of carbonyl (C=O) groups excluding carboxylic acids is 1. The molecule has 1 atom stereocenters. The predicted octanol–water partition coefficient (Wildman–Crippen LogP) is 4.07.